The van der Waals surface area contributed by atoms with Gasteiger partial charge in [-0.15, -0.1) is 6.58 Å². The van der Waals surface area contributed by atoms with Crippen LogP contribution in [0, 0.1) is 5.41 Å². The van der Waals surface area contributed by atoms with E-state index in [1.807, 2.05) is 0 Å². The van der Waals surface area contributed by atoms with Crippen molar-refractivity contribution in [2.24, 2.45) is 5.41 Å². The lowest BCUT2D eigenvalue weighted by Gasteiger charge is -2.34. The molecule has 1 atom stereocenters. The topological polar surface area (TPSA) is 92.8 Å². The lowest BCUT2D eigenvalue weighted by atomic mass is 9.80. The van der Waals surface area contributed by atoms with E-state index >= 15 is 0 Å². The number of carboxylic acids is 2. The average Bonchev–Trinajstić information content (AvgIpc) is 2.86. The second kappa shape index (κ2) is 3.79. The van der Waals surface area contributed by atoms with Crippen molar-refractivity contribution in [3.05, 3.63) is 12.7 Å². The van der Waals surface area contributed by atoms with Gasteiger partial charge in [0.25, 0.3) is 0 Å². The zero-order chi connectivity index (χ0) is 10.8. The summed E-state index contributed by atoms with van der Waals surface area (Å²) in [4.78, 5) is 21.6. The van der Waals surface area contributed by atoms with Crippen LogP contribution in [0.3, 0.4) is 0 Å². The van der Waals surface area contributed by atoms with Gasteiger partial charge in [-0.25, -0.2) is 0 Å². The maximum atomic E-state index is 10.8. The molecule has 78 valence electrons. The SMILES string of the molecule is C=CCC(CC1CO1)(C(=O)[O-])C(=O)[O-]. The molecule has 1 unspecified atom stereocenters. The van der Waals surface area contributed by atoms with Crippen LogP contribution in [-0.2, 0) is 14.3 Å². The second-order valence-corrected chi connectivity index (χ2v) is 3.31. The van der Waals surface area contributed by atoms with Gasteiger partial charge in [0, 0.05) is 0 Å². The third kappa shape index (κ3) is 1.93. The molecule has 0 aromatic rings. The minimum Gasteiger partial charge on any atom is -0.549 e. The maximum Gasteiger partial charge on any atom is 0.0822 e. The number of hydrogen-bond donors (Lipinski definition) is 0. The summed E-state index contributed by atoms with van der Waals surface area (Å²) >= 11 is 0. The number of ether oxygens (including phenoxy) is 1. The maximum absolute atomic E-state index is 10.8. The van der Waals surface area contributed by atoms with Crippen LogP contribution in [0.4, 0.5) is 0 Å². The predicted molar refractivity (Wildman–Crippen MR) is 41.6 cm³/mol. The number of carboxylic acid groups (broad SMARTS) is 2. The van der Waals surface area contributed by atoms with E-state index in [1.54, 1.807) is 0 Å². The summed E-state index contributed by atoms with van der Waals surface area (Å²) in [7, 11) is 0. The van der Waals surface area contributed by atoms with Crippen LogP contribution in [0.1, 0.15) is 12.8 Å². The molecule has 0 N–H and O–H groups in total. The summed E-state index contributed by atoms with van der Waals surface area (Å²) < 4.78 is 4.79. The van der Waals surface area contributed by atoms with Crippen LogP contribution in [0.2, 0.25) is 0 Å². The van der Waals surface area contributed by atoms with E-state index in [2.05, 4.69) is 6.58 Å². The fraction of sp³-hybridized carbons (Fsp3) is 0.556. The van der Waals surface area contributed by atoms with Crippen molar-refractivity contribution in [1.29, 1.82) is 0 Å². The number of carbonyl (C=O) groups excluding carboxylic acids is 2. The van der Waals surface area contributed by atoms with Gasteiger partial charge in [-0.2, -0.15) is 0 Å². The Labute approximate surface area is 81.0 Å². The normalized spacial score (nSPS) is 20.1. The molecule has 14 heavy (non-hydrogen) atoms. The van der Waals surface area contributed by atoms with Gasteiger partial charge in [-0.05, 0) is 12.8 Å². The van der Waals surface area contributed by atoms with E-state index in [0.29, 0.717) is 6.61 Å². The molecular formula is C9H10O5-2. The molecule has 0 spiro atoms. The first-order valence-corrected chi connectivity index (χ1v) is 4.18. The fourth-order valence-electron chi connectivity index (χ4n) is 1.32. The van der Waals surface area contributed by atoms with Crippen LogP contribution in [0.25, 0.3) is 0 Å². The van der Waals surface area contributed by atoms with Crippen LogP contribution < -0.4 is 10.2 Å². The van der Waals surface area contributed by atoms with Crippen LogP contribution >= 0.6 is 0 Å². The van der Waals surface area contributed by atoms with Gasteiger partial charge in [0.1, 0.15) is 0 Å². The molecule has 0 amide bonds. The summed E-state index contributed by atoms with van der Waals surface area (Å²) in [5.74, 6) is -3.29. The van der Waals surface area contributed by atoms with Crippen LogP contribution in [-0.4, -0.2) is 24.6 Å². The number of allylic oxidation sites excluding steroid dienone is 1. The Balaban J connectivity index is 2.86. The molecule has 0 saturated carbocycles. The summed E-state index contributed by atoms with van der Waals surface area (Å²) in [6.07, 6.45) is 0.584. The zero-order valence-electron chi connectivity index (χ0n) is 7.52. The molecule has 1 aliphatic rings. The first kappa shape index (κ1) is 10.7. The van der Waals surface area contributed by atoms with Crippen molar-refractivity contribution in [1.82, 2.24) is 0 Å². The zero-order valence-corrected chi connectivity index (χ0v) is 7.52. The lowest BCUT2D eigenvalue weighted by Crippen LogP contribution is -2.54. The number of carbonyl (C=O) groups is 2. The largest absolute Gasteiger partial charge is 0.549 e. The average molecular weight is 198 g/mol. The smallest absolute Gasteiger partial charge is 0.0822 e. The van der Waals surface area contributed by atoms with E-state index in [0.717, 1.165) is 0 Å². The van der Waals surface area contributed by atoms with Crippen LogP contribution in [0.5, 0.6) is 0 Å². The van der Waals surface area contributed by atoms with Gasteiger partial charge in [-0.3, -0.25) is 0 Å². The summed E-state index contributed by atoms with van der Waals surface area (Å²) in [5.41, 5.74) is -2.00. The van der Waals surface area contributed by atoms with Crippen LogP contribution in [0.15, 0.2) is 12.7 Å². The highest BCUT2D eigenvalue weighted by Gasteiger charge is 2.39. The van der Waals surface area contributed by atoms with Crippen molar-refractivity contribution in [2.75, 3.05) is 6.61 Å². The third-order valence-electron chi connectivity index (χ3n) is 2.25. The van der Waals surface area contributed by atoms with Gasteiger partial charge in [-0.1, -0.05) is 6.08 Å². The Bertz CT molecular complexity index is 252. The highest BCUT2D eigenvalue weighted by molar-refractivity contribution is 5.96. The monoisotopic (exact) mass is 198 g/mol. The standard InChI is InChI=1S/C9H12O5/c1-2-3-9(7(10)11,8(12)13)4-6-5-14-6/h2,6H,1,3-5H2,(H,10,11)(H,12,13)/p-2. The molecule has 1 aliphatic heterocycles. The Morgan fingerprint density at radius 2 is 2.00 bits per heavy atom. The molecule has 0 bridgehead atoms. The Kier molecular flexibility index (Phi) is 2.90. The first-order chi connectivity index (χ1) is 6.53. The molecule has 5 nitrogen and oxygen atoms in total. The molecule has 0 aromatic heterocycles. The molecule has 1 heterocycles. The number of rotatable bonds is 6. The predicted octanol–water partition coefficient (Wildman–Crippen LogP) is -2.16. The van der Waals surface area contributed by atoms with E-state index < -0.39 is 17.4 Å². The van der Waals surface area contributed by atoms with Crippen molar-refractivity contribution in [3.63, 3.8) is 0 Å². The summed E-state index contributed by atoms with van der Waals surface area (Å²) in [6.45, 7) is 3.70. The lowest BCUT2D eigenvalue weighted by molar-refractivity contribution is -0.343. The molecule has 1 saturated heterocycles. The van der Waals surface area contributed by atoms with Crippen molar-refractivity contribution in [2.45, 2.75) is 18.9 Å². The van der Waals surface area contributed by atoms with E-state index in [9.17, 15) is 19.8 Å². The fourth-order valence-corrected chi connectivity index (χ4v) is 1.32. The molecule has 0 radical (unpaired) electrons. The highest BCUT2D eigenvalue weighted by Crippen LogP contribution is 2.32. The molecule has 0 aliphatic carbocycles. The van der Waals surface area contributed by atoms with Crippen molar-refractivity contribution >= 4 is 11.9 Å². The molecule has 5 heteroatoms. The Hall–Kier alpha value is -1.36. The molecule has 0 aromatic carbocycles. The van der Waals surface area contributed by atoms with Crippen molar-refractivity contribution in [3.8, 4) is 0 Å². The third-order valence-corrected chi connectivity index (χ3v) is 2.25. The number of hydrogen-bond acceptors (Lipinski definition) is 5. The molecule has 1 rings (SSSR count). The van der Waals surface area contributed by atoms with Gasteiger partial charge in [0.15, 0.2) is 0 Å². The van der Waals surface area contributed by atoms with Gasteiger partial charge >= 0.3 is 0 Å². The first-order valence-electron chi connectivity index (χ1n) is 4.18. The summed E-state index contributed by atoms with van der Waals surface area (Å²) in [6, 6.07) is 0. The minimum absolute atomic E-state index is 0.121. The Morgan fingerprint density at radius 3 is 2.29 bits per heavy atom. The minimum atomic E-state index is -2.00. The highest BCUT2D eigenvalue weighted by atomic mass is 16.6. The number of epoxide rings is 1. The quantitative estimate of drug-likeness (QED) is 0.275. The molecule has 1 fully saturated rings. The Morgan fingerprint density at radius 1 is 1.50 bits per heavy atom. The number of aliphatic carboxylic acids is 2. The molecular weight excluding hydrogens is 188 g/mol. The van der Waals surface area contributed by atoms with Gasteiger partial charge in [0.2, 0.25) is 0 Å². The summed E-state index contributed by atoms with van der Waals surface area (Å²) in [5, 5.41) is 21.6. The van der Waals surface area contributed by atoms with Gasteiger partial charge < -0.3 is 24.5 Å². The van der Waals surface area contributed by atoms with E-state index in [1.165, 1.54) is 6.08 Å². The second-order valence-electron chi connectivity index (χ2n) is 3.31. The van der Waals surface area contributed by atoms with E-state index in [4.69, 9.17) is 4.74 Å². The van der Waals surface area contributed by atoms with E-state index in [-0.39, 0.29) is 18.9 Å². The van der Waals surface area contributed by atoms with Crippen molar-refractivity contribution < 1.29 is 24.5 Å². The van der Waals surface area contributed by atoms with Gasteiger partial charge in [0.05, 0.1) is 30.1 Å².